The fraction of sp³-hybridized carbons (Fsp3) is 0.538. The van der Waals surface area contributed by atoms with Crippen molar-refractivity contribution in [3.63, 3.8) is 0 Å². The molecule has 0 aliphatic heterocycles. The van der Waals surface area contributed by atoms with Crippen molar-refractivity contribution < 1.29 is 19.4 Å². The topological polar surface area (TPSA) is 63.6 Å². The molecule has 0 amide bonds. The summed E-state index contributed by atoms with van der Waals surface area (Å²) in [4.78, 5) is 23.5. The maximum absolute atomic E-state index is 12.0. The zero-order valence-corrected chi connectivity index (χ0v) is 13.2. The van der Waals surface area contributed by atoms with Crippen molar-refractivity contribution in [1.29, 1.82) is 0 Å². The van der Waals surface area contributed by atoms with Crippen LogP contribution in [0.2, 0.25) is 0 Å². The molecule has 4 aliphatic rings. The number of hydrogen-bond donors (Lipinski definition) is 1. The third kappa shape index (κ3) is 1.62. The maximum Gasteiger partial charge on any atom is 0.310 e. The minimum atomic E-state index is -0.920. The van der Waals surface area contributed by atoms with Gasteiger partial charge in [-0.3, -0.25) is 9.59 Å². The second kappa shape index (κ2) is 4.45. The molecule has 0 spiro atoms. The molecule has 0 aromatic rings. The zero-order valence-electron chi connectivity index (χ0n) is 10.0. The number of fused-ring (bicyclic) bond motifs is 1. The normalized spacial score (nSPS) is 42.7. The van der Waals surface area contributed by atoms with E-state index >= 15 is 0 Å². The first-order chi connectivity index (χ1) is 8.99. The Kier molecular flexibility index (Phi) is 3.13. The molecule has 19 heavy (non-hydrogen) atoms. The van der Waals surface area contributed by atoms with Crippen molar-refractivity contribution >= 4 is 43.8 Å². The van der Waals surface area contributed by atoms with Crippen molar-refractivity contribution in [2.75, 3.05) is 7.11 Å². The molecule has 2 bridgehead atoms. The van der Waals surface area contributed by atoms with Crippen LogP contribution in [-0.4, -0.2) is 24.2 Å². The van der Waals surface area contributed by atoms with E-state index in [2.05, 4.69) is 31.9 Å². The number of allylic oxidation sites excluding steroid dienone is 4. The monoisotopic (exact) mass is 390 g/mol. The van der Waals surface area contributed by atoms with Gasteiger partial charge >= 0.3 is 11.9 Å². The number of ether oxygens (including phenoxy) is 1. The predicted molar refractivity (Wildman–Crippen MR) is 74.6 cm³/mol. The van der Waals surface area contributed by atoms with Crippen molar-refractivity contribution in [3.05, 3.63) is 21.1 Å². The lowest BCUT2D eigenvalue weighted by molar-refractivity contribution is -0.166. The van der Waals surface area contributed by atoms with Gasteiger partial charge in [0.1, 0.15) is 0 Å². The van der Waals surface area contributed by atoms with Gasteiger partial charge in [0, 0.05) is 20.8 Å². The van der Waals surface area contributed by atoms with Gasteiger partial charge in [0.25, 0.3) is 0 Å². The lowest BCUT2D eigenvalue weighted by Crippen LogP contribution is -2.56. The summed E-state index contributed by atoms with van der Waals surface area (Å²) in [5.41, 5.74) is 0. The molecule has 0 saturated heterocycles. The largest absolute Gasteiger partial charge is 0.481 e. The van der Waals surface area contributed by atoms with Crippen LogP contribution in [0, 0.1) is 35.5 Å². The molecule has 0 heterocycles. The first-order valence-electron chi connectivity index (χ1n) is 6.03. The van der Waals surface area contributed by atoms with Crippen molar-refractivity contribution in [2.24, 2.45) is 35.5 Å². The highest BCUT2D eigenvalue weighted by Gasteiger charge is 2.62. The Morgan fingerprint density at radius 3 is 2.00 bits per heavy atom. The van der Waals surface area contributed by atoms with E-state index in [-0.39, 0.29) is 23.7 Å². The molecule has 1 N–H and O–H groups in total. The van der Waals surface area contributed by atoms with E-state index in [0.29, 0.717) is 0 Å². The molecule has 6 atom stereocenters. The van der Waals surface area contributed by atoms with Gasteiger partial charge in [-0.25, -0.2) is 0 Å². The fourth-order valence-corrected chi connectivity index (χ4v) is 5.48. The van der Waals surface area contributed by atoms with Gasteiger partial charge in [-0.2, -0.15) is 0 Å². The van der Waals surface area contributed by atoms with Crippen molar-refractivity contribution in [3.8, 4) is 0 Å². The summed E-state index contributed by atoms with van der Waals surface area (Å²) >= 11 is 7.03. The quantitative estimate of drug-likeness (QED) is 0.580. The number of halogens is 2. The highest BCUT2D eigenvalue weighted by atomic mass is 79.9. The Balaban J connectivity index is 2.06. The molecule has 0 aromatic heterocycles. The summed E-state index contributed by atoms with van der Waals surface area (Å²) in [6.07, 6.45) is 3.93. The molecule has 0 unspecified atom stereocenters. The first kappa shape index (κ1) is 13.4. The molecular weight excluding hydrogens is 380 g/mol. The Bertz CT molecular complexity index is 525. The third-order valence-electron chi connectivity index (χ3n) is 4.56. The van der Waals surface area contributed by atoms with Crippen LogP contribution in [0.4, 0.5) is 0 Å². The second-order valence-electron chi connectivity index (χ2n) is 5.20. The number of aliphatic carboxylic acids is 1. The predicted octanol–water partition coefficient (Wildman–Crippen LogP) is 2.54. The summed E-state index contributed by atoms with van der Waals surface area (Å²) in [6.45, 7) is 0. The van der Waals surface area contributed by atoms with Crippen LogP contribution >= 0.6 is 31.9 Å². The van der Waals surface area contributed by atoms with Crippen LogP contribution < -0.4 is 0 Å². The smallest absolute Gasteiger partial charge is 0.310 e. The van der Waals surface area contributed by atoms with Gasteiger partial charge in [-0.1, -0.05) is 44.0 Å². The van der Waals surface area contributed by atoms with E-state index in [0.717, 1.165) is 8.96 Å². The molecule has 4 aliphatic carbocycles. The second-order valence-corrected chi connectivity index (χ2v) is 6.91. The summed E-state index contributed by atoms with van der Waals surface area (Å²) in [7, 11) is 1.31. The minimum Gasteiger partial charge on any atom is -0.481 e. The molecule has 0 aromatic carbocycles. The van der Waals surface area contributed by atoms with Crippen LogP contribution in [0.3, 0.4) is 0 Å². The number of carbonyl (C=O) groups excluding carboxylic acids is 1. The molecule has 6 heteroatoms. The van der Waals surface area contributed by atoms with E-state index < -0.39 is 23.8 Å². The standard InChI is InChI=1S/C13H12Br2O4/c1-19-13(18)9-5-3-2-4(8(9)12(16)17)6-7(5)11(15)10(6)14/h2-9H,1H3,(H,16,17)/t4-,5-,6-,7-,8+,9+/m1/s1. The molecule has 102 valence electrons. The van der Waals surface area contributed by atoms with Gasteiger partial charge in [0.15, 0.2) is 0 Å². The number of carboxylic acid groups (broad SMARTS) is 1. The number of rotatable bonds is 2. The number of carboxylic acids is 1. The minimum absolute atomic E-state index is 0.0979. The third-order valence-corrected chi connectivity index (χ3v) is 7.00. The highest BCUT2D eigenvalue weighted by Crippen LogP contribution is 2.64. The fourth-order valence-electron chi connectivity index (χ4n) is 3.77. The van der Waals surface area contributed by atoms with Crippen molar-refractivity contribution in [2.45, 2.75) is 0 Å². The van der Waals surface area contributed by atoms with Crippen LogP contribution in [0.15, 0.2) is 21.1 Å². The van der Waals surface area contributed by atoms with Crippen LogP contribution in [0.25, 0.3) is 0 Å². The van der Waals surface area contributed by atoms with Gasteiger partial charge in [-0.05, 0) is 11.8 Å². The van der Waals surface area contributed by atoms with E-state index in [1.807, 2.05) is 12.2 Å². The molecule has 4 nitrogen and oxygen atoms in total. The summed E-state index contributed by atoms with van der Waals surface area (Å²) in [5.74, 6) is -2.50. The van der Waals surface area contributed by atoms with Gasteiger partial charge in [-0.15, -0.1) is 0 Å². The average Bonchev–Trinajstić information content (AvgIpc) is 2.43. The lowest BCUT2D eigenvalue weighted by Gasteiger charge is -2.56. The number of carbonyl (C=O) groups is 2. The summed E-state index contributed by atoms with van der Waals surface area (Å²) in [6, 6.07) is 0. The molecule has 1 saturated carbocycles. The Labute approximate surface area is 127 Å². The molecule has 0 radical (unpaired) electrons. The van der Waals surface area contributed by atoms with Crippen molar-refractivity contribution in [1.82, 2.24) is 0 Å². The van der Waals surface area contributed by atoms with Crippen LogP contribution in [-0.2, 0) is 14.3 Å². The van der Waals surface area contributed by atoms with Gasteiger partial charge in [0.2, 0.25) is 0 Å². The van der Waals surface area contributed by atoms with E-state index in [4.69, 9.17) is 4.74 Å². The first-order valence-corrected chi connectivity index (χ1v) is 7.61. The van der Waals surface area contributed by atoms with E-state index in [1.165, 1.54) is 7.11 Å². The zero-order chi connectivity index (χ0) is 13.9. The summed E-state index contributed by atoms with van der Waals surface area (Å²) in [5, 5.41) is 9.47. The van der Waals surface area contributed by atoms with Gasteiger partial charge in [0.05, 0.1) is 18.9 Å². The molecule has 4 rings (SSSR count). The Hall–Kier alpha value is -0.620. The lowest BCUT2D eigenvalue weighted by atomic mass is 9.49. The Morgan fingerprint density at radius 2 is 1.58 bits per heavy atom. The highest BCUT2D eigenvalue weighted by molar-refractivity contribution is 9.14. The SMILES string of the molecule is COC(=O)[C@H]1[C@@H]2C=C[C@H]([C@H]3C(Br)=C(Br)[C@H]23)[C@@H]1C(=O)O. The van der Waals surface area contributed by atoms with E-state index in [1.54, 1.807) is 0 Å². The number of hydrogen-bond acceptors (Lipinski definition) is 3. The van der Waals surface area contributed by atoms with E-state index in [9.17, 15) is 14.7 Å². The average molecular weight is 392 g/mol. The van der Waals surface area contributed by atoms with Crippen LogP contribution in [0.1, 0.15) is 0 Å². The molecular formula is C13H12Br2O4. The molecule has 1 fully saturated rings. The Morgan fingerprint density at radius 1 is 1.11 bits per heavy atom. The maximum atomic E-state index is 12.0. The van der Waals surface area contributed by atoms with Gasteiger partial charge < -0.3 is 9.84 Å². The number of methoxy groups -OCH3 is 1. The summed E-state index contributed by atoms with van der Waals surface area (Å²) < 4.78 is 6.90. The van der Waals surface area contributed by atoms with Crippen LogP contribution in [0.5, 0.6) is 0 Å². The number of esters is 1.